The summed E-state index contributed by atoms with van der Waals surface area (Å²) in [5.41, 5.74) is 1.90. The first-order chi connectivity index (χ1) is 7.25. The van der Waals surface area contributed by atoms with Gasteiger partial charge in [-0.25, -0.2) is 0 Å². The zero-order valence-corrected chi connectivity index (χ0v) is 8.47. The minimum atomic E-state index is -0.0521. The molecule has 1 amide bonds. The Hall–Kier alpha value is -2.03. The number of carbonyl (C=O) groups excluding carboxylic acids is 1. The monoisotopic (exact) mass is 200 g/mol. The quantitative estimate of drug-likeness (QED) is 0.793. The largest absolute Gasteiger partial charge is 0.326 e. The van der Waals surface area contributed by atoms with Crippen molar-refractivity contribution in [2.75, 3.05) is 5.32 Å². The zero-order chi connectivity index (χ0) is 10.7. The van der Waals surface area contributed by atoms with E-state index in [0.717, 1.165) is 11.4 Å². The van der Waals surface area contributed by atoms with Crippen molar-refractivity contribution >= 4 is 11.6 Å². The molecule has 0 saturated carbocycles. The molecule has 1 heterocycles. The Kier molecular flexibility index (Phi) is 2.54. The van der Waals surface area contributed by atoms with Crippen LogP contribution in [0.2, 0.25) is 0 Å². The summed E-state index contributed by atoms with van der Waals surface area (Å²) in [4.78, 5) is 10.8. The van der Waals surface area contributed by atoms with Gasteiger partial charge in [-0.3, -0.25) is 4.79 Å². The molecule has 3 heteroatoms. The van der Waals surface area contributed by atoms with Gasteiger partial charge in [-0.1, -0.05) is 0 Å². The zero-order valence-electron chi connectivity index (χ0n) is 8.47. The van der Waals surface area contributed by atoms with E-state index in [9.17, 15) is 4.79 Å². The number of hydrogen-bond donors (Lipinski definition) is 1. The highest BCUT2D eigenvalue weighted by Gasteiger charge is 1.96. The van der Waals surface area contributed by atoms with Crippen LogP contribution in [0.3, 0.4) is 0 Å². The van der Waals surface area contributed by atoms with Gasteiger partial charge in [-0.2, -0.15) is 0 Å². The van der Waals surface area contributed by atoms with Crippen LogP contribution in [-0.4, -0.2) is 10.5 Å². The number of rotatable bonds is 2. The third-order valence-corrected chi connectivity index (χ3v) is 2.09. The number of nitrogens with zero attached hydrogens (tertiary/aromatic N) is 1. The first kappa shape index (κ1) is 9.52. The Morgan fingerprint density at radius 2 is 1.73 bits per heavy atom. The van der Waals surface area contributed by atoms with Crippen molar-refractivity contribution < 1.29 is 4.79 Å². The first-order valence-corrected chi connectivity index (χ1v) is 4.77. The lowest BCUT2D eigenvalue weighted by molar-refractivity contribution is -0.114. The molecular formula is C12H12N2O. The van der Waals surface area contributed by atoms with Crippen molar-refractivity contribution in [2.45, 2.75) is 6.92 Å². The molecule has 0 atom stereocenters. The number of carbonyl (C=O) groups is 1. The summed E-state index contributed by atoms with van der Waals surface area (Å²) in [5.74, 6) is -0.0521. The van der Waals surface area contributed by atoms with Crippen LogP contribution in [0.15, 0.2) is 48.8 Å². The van der Waals surface area contributed by atoms with E-state index in [1.54, 1.807) is 0 Å². The fraction of sp³-hybridized carbons (Fsp3) is 0.0833. The lowest BCUT2D eigenvalue weighted by Gasteiger charge is -2.05. The highest BCUT2D eigenvalue weighted by molar-refractivity contribution is 5.88. The van der Waals surface area contributed by atoms with E-state index in [4.69, 9.17) is 0 Å². The Morgan fingerprint density at radius 1 is 1.13 bits per heavy atom. The smallest absolute Gasteiger partial charge is 0.221 e. The van der Waals surface area contributed by atoms with Crippen molar-refractivity contribution in [1.29, 1.82) is 0 Å². The van der Waals surface area contributed by atoms with Gasteiger partial charge in [0.05, 0.1) is 0 Å². The molecule has 2 aromatic rings. The van der Waals surface area contributed by atoms with Crippen LogP contribution in [-0.2, 0) is 4.79 Å². The summed E-state index contributed by atoms with van der Waals surface area (Å²) in [7, 11) is 0. The van der Waals surface area contributed by atoms with E-state index < -0.39 is 0 Å². The summed E-state index contributed by atoms with van der Waals surface area (Å²) in [6, 6.07) is 11.6. The van der Waals surface area contributed by atoms with Gasteiger partial charge in [-0.05, 0) is 36.4 Å². The number of aromatic nitrogens is 1. The summed E-state index contributed by atoms with van der Waals surface area (Å²) >= 11 is 0. The Labute approximate surface area is 88.3 Å². The van der Waals surface area contributed by atoms with Crippen molar-refractivity contribution in [3.05, 3.63) is 48.8 Å². The highest BCUT2D eigenvalue weighted by Crippen LogP contribution is 2.13. The standard InChI is InChI=1S/C12H12N2O/c1-10(15)13-11-4-6-12(7-5-11)14-8-2-3-9-14/h2-9H,1H3,(H,13,15). The molecular weight excluding hydrogens is 188 g/mol. The lowest BCUT2D eigenvalue weighted by atomic mass is 10.3. The SMILES string of the molecule is CC(=O)Nc1ccc(-n2cccc2)cc1. The number of nitrogens with one attached hydrogen (secondary N) is 1. The van der Waals surface area contributed by atoms with Crippen LogP contribution in [0.5, 0.6) is 0 Å². The average molecular weight is 200 g/mol. The third-order valence-electron chi connectivity index (χ3n) is 2.09. The molecule has 0 bridgehead atoms. The summed E-state index contributed by atoms with van der Waals surface area (Å²) in [5, 5.41) is 2.73. The third kappa shape index (κ3) is 2.26. The van der Waals surface area contributed by atoms with Gasteiger partial charge in [-0.15, -0.1) is 0 Å². The predicted molar refractivity (Wildman–Crippen MR) is 60.1 cm³/mol. The van der Waals surface area contributed by atoms with Gasteiger partial charge in [0.2, 0.25) is 5.91 Å². The van der Waals surface area contributed by atoms with Crippen molar-refractivity contribution in [1.82, 2.24) is 4.57 Å². The van der Waals surface area contributed by atoms with Crippen LogP contribution in [0.4, 0.5) is 5.69 Å². The lowest BCUT2D eigenvalue weighted by Crippen LogP contribution is -2.05. The van der Waals surface area contributed by atoms with Crippen LogP contribution in [0.1, 0.15) is 6.92 Å². The molecule has 0 unspecified atom stereocenters. The van der Waals surface area contributed by atoms with Gasteiger partial charge in [0.1, 0.15) is 0 Å². The van der Waals surface area contributed by atoms with Crippen LogP contribution >= 0.6 is 0 Å². The second kappa shape index (κ2) is 4.00. The van der Waals surface area contributed by atoms with Gasteiger partial charge < -0.3 is 9.88 Å². The Bertz CT molecular complexity index is 443. The predicted octanol–water partition coefficient (Wildman–Crippen LogP) is 2.44. The van der Waals surface area contributed by atoms with E-state index in [1.807, 2.05) is 53.4 Å². The summed E-state index contributed by atoms with van der Waals surface area (Å²) in [6.07, 6.45) is 3.96. The van der Waals surface area contributed by atoms with E-state index in [1.165, 1.54) is 6.92 Å². The molecule has 1 aromatic carbocycles. The van der Waals surface area contributed by atoms with Gasteiger partial charge >= 0.3 is 0 Å². The Balaban J connectivity index is 2.21. The minimum absolute atomic E-state index is 0.0521. The molecule has 0 fully saturated rings. The molecule has 15 heavy (non-hydrogen) atoms. The first-order valence-electron chi connectivity index (χ1n) is 4.77. The van der Waals surface area contributed by atoms with Crippen molar-refractivity contribution in [3.8, 4) is 5.69 Å². The Morgan fingerprint density at radius 3 is 2.27 bits per heavy atom. The van der Waals surface area contributed by atoms with Crippen molar-refractivity contribution in [3.63, 3.8) is 0 Å². The molecule has 0 radical (unpaired) electrons. The number of benzene rings is 1. The van der Waals surface area contributed by atoms with Crippen LogP contribution < -0.4 is 5.32 Å². The van der Waals surface area contributed by atoms with E-state index in [-0.39, 0.29) is 5.91 Å². The fourth-order valence-electron chi connectivity index (χ4n) is 1.43. The number of hydrogen-bond acceptors (Lipinski definition) is 1. The maximum absolute atomic E-state index is 10.8. The van der Waals surface area contributed by atoms with E-state index >= 15 is 0 Å². The molecule has 1 N–H and O–H groups in total. The fourth-order valence-corrected chi connectivity index (χ4v) is 1.43. The van der Waals surface area contributed by atoms with Gasteiger partial charge in [0.15, 0.2) is 0 Å². The minimum Gasteiger partial charge on any atom is -0.326 e. The number of anilines is 1. The maximum atomic E-state index is 10.8. The average Bonchev–Trinajstić information content (AvgIpc) is 2.71. The topological polar surface area (TPSA) is 34.0 Å². The second-order valence-electron chi connectivity index (χ2n) is 3.32. The van der Waals surface area contributed by atoms with Crippen LogP contribution in [0, 0.1) is 0 Å². The van der Waals surface area contributed by atoms with Crippen LogP contribution in [0.25, 0.3) is 5.69 Å². The molecule has 3 nitrogen and oxygen atoms in total. The van der Waals surface area contributed by atoms with E-state index in [0.29, 0.717) is 0 Å². The molecule has 2 rings (SSSR count). The second-order valence-corrected chi connectivity index (χ2v) is 3.32. The number of amides is 1. The molecule has 0 saturated heterocycles. The normalized spacial score (nSPS) is 9.93. The van der Waals surface area contributed by atoms with E-state index in [2.05, 4.69) is 5.32 Å². The van der Waals surface area contributed by atoms with Crippen molar-refractivity contribution in [2.24, 2.45) is 0 Å². The molecule has 0 aliphatic carbocycles. The molecule has 1 aromatic heterocycles. The summed E-state index contributed by atoms with van der Waals surface area (Å²) in [6.45, 7) is 1.50. The molecule has 0 spiro atoms. The molecule has 0 aliphatic rings. The molecule has 76 valence electrons. The van der Waals surface area contributed by atoms with Gasteiger partial charge in [0, 0.05) is 30.7 Å². The maximum Gasteiger partial charge on any atom is 0.221 e. The molecule has 0 aliphatic heterocycles. The van der Waals surface area contributed by atoms with Gasteiger partial charge in [0.25, 0.3) is 0 Å². The highest BCUT2D eigenvalue weighted by atomic mass is 16.1. The summed E-state index contributed by atoms with van der Waals surface area (Å²) < 4.78 is 2.01.